The lowest BCUT2D eigenvalue weighted by Crippen LogP contribution is -2.14. The Labute approximate surface area is 181 Å². The van der Waals surface area contributed by atoms with Gasteiger partial charge >= 0.3 is 0 Å². The fourth-order valence-electron chi connectivity index (χ4n) is 4.00. The Kier molecular flexibility index (Phi) is 5.97. The van der Waals surface area contributed by atoms with Crippen LogP contribution in [0.1, 0.15) is 25.6 Å². The van der Waals surface area contributed by atoms with E-state index in [1.807, 2.05) is 35.9 Å². The lowest BCUT2D eigenvalue weighted by atomic mass is 10.1. The minimum Gasteiger partial charge on any atom is -0.493 e. The van der Waals surface area contributed by atoms with E-state index in [1.165, 1.54) is 0 Å². The van der Waals surface area contributed by atoms with Gasteiger partial charge in [0.15, 0.2) is 11.5 Å². The van der Waals surface area contributed by atoms with Gasteiger partial charge in [0.05, 0.1) is 32.0 Å². The van der Waals surface area contributed by atoms with Crippen molar-refractivity contribution >= 4 is 16.9 Å². The molecule has 3 aromatic rings. The zero-order valence-corrected chi connectivity index (χ0v) is 18.4. The fraction of sp³-hybridized carbons (Fsp3) is 0.435. The third kappa shape index (κ3) is 4.15. The van der Waals surface area contributed by atoms with Crippen LogP contribution in [-0.2, 0) is 18.3 Å². The molecule has 8 heteroatoms. The summed E-state index contributed by atoms with van der Waals surface area (Å²) in [5.41, 5.74) is 3.36. The molecule has 1 fully saturated rings. The first kappa shape index (κ1) is 21.0. The van der Waals surface area contributed by atoms with E-state index in [0.717, 1.165) is 41.0 Å². The molecule has 0 bridgehead atoms. The average molecular weight is 425 g/mol. The fourth-order valence-corrected chi connectivity index (χ4v) is 4.00. The molecule has 0 saturated carbocycles. The molecule has 1 aromatic carbocycles. The van der Waals surface area contributed by atoms with Crippen LogP contribution in [0.15, 0.2) is 24.3 Å². The number of hydrogen-bond acceptors (Lipinski definition) is 6. The van der Waals surface area contributed by atoms with E-state index in [4.69, 9.17) is 24.2 Å². The van der Waals surface area contributed by atoms with Gasteiger partial charge in [-0.05, 0) is 36.6 Å². The summed E-state index contributed by atoms with van der Waals surface area (Å²) in [6.07, 6.45) is 2.16. The van der Waals surface area contributed by atoms with Gasteiger partial charge < -0.3 is 24.1 Å². The highest BCUT2D eigenvalue weighted by molar-refractivity contribution is 5.85. The van der Waals surface area contributed by atoms with E-state index in [2.05, 4.69) is 12.2 Å². The van der Waals surface area contributed by atoms with E-state index >= 15 is 0 Å². The van der Waals surface area contributed by atoms with Crippen molar-refractivity contribution in [1.29, 1.82) is 0 Å². The minimum absolute atomic E-state index is 0.111. The van der Waals surface area contributed by atoms with Crippen molar-refractivity contribution in [1.82, 2.24) is 19.9 Å². The molecule has 1 amide bonds. The molecule has 0 aliphatic carbocycles. The van der Waals surface area contributed by atoms with Gasteiger partial charge in [-0.3, -0.25) is 4.79 Å². The highest BCUT2D eigenvalue weighted by Crippen LogP contribution is 2.35. The van der Waals surface area contributed by atoms with Crippen molar-refractivity contribution in [2.75, 3.05) is 27.4 Å². The molecule has 2 aromatic heterocycles. The van der Waals surface area contributed by atoms with Crippen LogP contribution in [0.3, 0.4) is 0 Å². The van der Waals surface area contributed by atoms with Gasteiger partial charge in [-0.2, -0.15) is 0 Å². The largest absolute Gasteiger partial charge is 0.493 e. The number of rotatable bonds is 8. The number of imidazole rings is 1. The molecule has 0 radical (unpaired) electrons. The summed E-state index contributed by atoms with van der Waals surface area (Å²) in [6.45, 7) is 3.28. The summed E-state index contributed by atoms with van der Waals surface area (Å²) in [4.78, 5) is 21.1. The zero-order valence-electron chi connectivity index (χ0n) is 18.4. The number of aryl methyl sites for hydroxylation is 2. The summed E-state index contributed by atoms with van der Waals surface area (Å²) in [6, 6.07) is 7.68. The molecule has 8 nitrogen and oxygen atoms in total. The zero-order chi connectivity index (χ0) is 22.0. The van der Waals surface area contributed by atoms with Gasteiger partial charge in [-0.25, -0.2) is 9.97 Å². The Bertz CT molecular complexity index is 1110. The second-order valence-electron chi connectivity index (χ2n) is 7.70. The number of amides is 1. The molecule has 1 N–H and O–H groups in total. The van der Waals surface area contributed by atoms with Crippen LogP contribution >= 0.6 is 0 Å². The van der Waals surface area contributed by atoms with Crippen LogP contribution in [0.4, 0.5) is 0 Å². The van der Waals surface area contributed by atoms with Crippen molar-refractivity contribution in [3.63, 3.8) is 0 Å². The Morgan fingerprint density at radius 1 is 1.16 bits per heavy atom. The molecular formula is C23H28N4O4. The number of methoxy groups -OCH3 is 2. The molecule has 31 heavy (non-hydrogen) atoms. The number of aromatic nitrogens is 3. The van der Waals surface area contributed by atoms with Crippen molar-refractivity contribution in [2.45, 2.75) is 26.2 Å². The van der Waals surface area contributed by atoms with Crippen LogP contribution in [0.5, 0.6) is 17.4 Å². The number of pyridine rings is 1. The van der Waals surface area contributed by atoms with Crippen molar-refractivity contribution in [3.8, 4) is 28.6 Å². The van der Waals surface area contributed by atoms with E-state index in [9.17, 15) is 4.79 Å². The Balaban J connectivity index is 1.69. The molecule has 1 aliphatic heterocycles. The normalized spacial score (nSPS) is 15.9. The van der Waals surface area contributed by atoms with Crippen LogP contribution < -0.4 is 19.5 Å². The number of nitrogens with one attached hydrogen (secondary N) is 1. The first-order valence-electron chi connectivity index (χ1n) is 10.5. The van der Waals surface area contributed by atoms with E-state index < -0.39 is 0 Å². The summed E-state index contributed by atoms with van der Waals surface area (Å²) >= 11 is 0. The third-order valence-electron chi connectivity index (χ3n) is 5.74. The van der Waals surface area contributed by atoms with Crippen LogP contribution in [0, 0.1) is 5.92 Å². The van der Waals surface area contributed by atoms with Crippen molar-refractivity contribution in [2.24, 2.45) is 13.0 Å². The Hall–Kier alpha value is -3.29. The van der Waals surface area contributed by atoms with Gasteiger partial charge in [-0.1, -0.05) is 6.92 Å². The first-order chi connectivity index (χ1) is 15.0. The van der Waals surface area contributed by atoms with Gasteiger partial charge in [0.1, 0.15) is 11.3 Å². The minimum atomic E-state index is 0.111. The maximum Gasteiger partial charge on any atom is 0.240 e. The molecule has 1 atom stereocenters. The maximum atomic E-state index is 11.4. The van der Waals surface area contributed by atoms with Crippen LogP contribution in [0.25, 0.3) is 22.3 Å². The molecule has 0 unspecified atom stereocenters. The lowest BCUT2D eigenvalue weighted by Gasteiger charge is -2.13. The molecule has 0 spiro atoms. The Morgan fingerprint density at radius 3 is 2.65 bits per heavy atom. The van der Waals surface area contributed by atoms with Gasteiger partial charge in [0.2, 0.25) is 11.8 Å². The molecule has 164 valence electrons. The standard InChI is InChI=1S/C23H28N4O4/c1-5-20-25-17-12-16(15-6-7-18(29-3)19(11-15)30-4)26-23(22(17)27(20)2)31-9-8-14-10-21(28)24-13-14/h6-7,11-12,14H,5,8-10,13H2,1-4H3,(H,24,28)/t14-/m1/s1. The Morgan fingerprint density at radius 2 is 1.97 bits per heavy atom. The monoisotopic (exact) mass is 424 g/mol. The molecule has 1 aliphatic rings. The summed E-state index contributed by atoms with van der Waals surface area (Å²) in [5.74, 6) is 3.23. The first-order valence-corrected chi connectivity index (χ1v) is 10.5. The number of fused-ring (bicyclic) bond motifs is 1. The maximum absolute atomic E-state index is 11.4. The number of nitrogens with zero attached hydrogens (tertiary/aromatic N) is 3. The van der Waals surface area contributed by atoms with Gasteiger partial charge in [-0.15, -0.1) is 0 Å². The predicted octanol–water partition coefficient (Wildman–Crippen LogP) is 3.12. The number of carbonyl (C=O) groups excluding carboxylic acids is 1. The van der Waals surface area contributed by atoms with E-state index in [-0.39, 0.29) is 5.91 Å². The summed E-state index contributed by atoms with van der Waals surface area (Å²) in [5, 5.41) is 2.87. The molecule has 1 saturated heterocycles. The second kappa shape index (κ2) is 8.83. The number of carbonyl (C=O) groups is 1. The SMILES string of the molecule is CCc1nc2cc(-c3ccc(OC)c(OC)c3)nc(OCC[C@H]3CNC(=O)C3)c2n1C. The second-order valence-corrected chi connectivity index (χ2v) is 7.70. The predicted molar refractivity (Wildman–Crippen MR) is 118 cm³/mol. The molecule has 3 heterocycles. The summed E-state index contributed by atoms with van der Waals surface area (Å²) < 4.78 is 19.0. The van der Waals surface area contributed by atoms with Crippen LogP contribution in [-0.4, -0.2) is 47.8 Å². The average Bonchev–Trinajstić information content (AvgIpc) is 3.35. The third-order valence-corrected chi connectivity index (χ3v) is 5.74. The number of ether oxygens (including phenoxy) is 3. The smallest absolute Gasteiger partial charge is 0.240 e. The number of benzene rings is 1. The van der Waals surface area contributed by atoms with Crippen LogP contribution in [0.2, 0.25) is 0 Å². The van der Waals surface area contributed by atoms with Gasteiger partial charge in [0.25, 0.3) is 0 Å². The molecular weight excluding hydrogens is 396 g/mol. The van der Waals surface area contributed by atoms with Gasteiger partial charge in [0, 0.05) is 32.0 Å². The quantitative estimate of drug-likeness (QED) is 0.598. The topological polar surface area (TPSA) is 87.5 Å². The highest BCUT2D eigenvalue weighted by Gasteiger charge is 2.22. The van der Waals surface area contributed by atoms with Crippen molar-refractivity contribution < 1.29 is 19.0 Å². The molecule has 4 rings (SSSR count). The van der Waals surface area contributed by atoms with E-state index in [1.54, 1.807) is 14.2 Å². The van der Waals surface area contributed by atoms with Crippen molar-refractivity contribution in [3.05, 3.63) is 30.1 Å². The lowest BCUT2D eigenvalue weighted by molar-refractivity contribution is -0.119. The number of hydrogen-bond donors (Lipinski definition) is 1. The highest BCUT2D eigenvalue weighted by atomic mass is 16.5. The van der Waals surface area contributed by atoms with E-state index in [0.29, 0.717) is 42.9 Å². The summed E-state index contributed by atoms with van der Waals surface area (Å²) in [7, 11) is 5.21.